The van der Waals surface area contributed by atoms with Crippen LogP contribution in [0.5, 0.6) is 0 Å². The maximum Gasteiger partial charge on any atom is 0.0951 e. The van der Waals surface area contributed by atoms with Gasteiger partial charge in [-0.25, -0.2) is 4.98 Å². The summed E-state index contributed by atoms with van der Waals surface area (Å²) in [4.78, 5) is 6.50. The van der Waals surface area contributed by atoms with Crippen molar-refractivity contribution in [2.45, 2.75) is 52.2 Å². The molecule has 0 aromatic carbocycles. The smallest absolute Gasteiger partial charge is 0.0951 e. The third-order valence-electron chi connectivity index (χ3n) is 3.02. The Kier molecular flexibility index (Phi) is 5.35. The van der Waals surface area contributed by atoms with Gasteiger partial charge >= 0.3 is 0 Å². The summed E-state index contributed by atoms with van der Waals surface area (Å²) in [6.45, 7) is 10.8. The summed E-state index contributed by atoms with van der Waals surface area (Å²) in [6, 6.07) is 0.492. The minimum Gasteiger partial charge on any atom is -0.331 e. The van der Waals surface area contributed by atoms with Crippen molar-refractivity contribution in [2.75, 3.05) is 20.6 Å². The summed E-state index contributed by atoms with van der Waals surface area (Å²) in [5.41, 5.74) is 1.40. The predicted octanol–water partition coefficient (Wildman–Crippen LogP) is 2.28. The molecule has 0 radical (unpaired) electrons. The molecule has 1 aromatic rings. The highest BCUT2D eigenvalue weighted by atomic mass is 15.1. The van der Waals surface area contributed by atoms with Crippen LogP contribution >= 0.6 is 0 Å². The van der Waals surface area contributed by atoms with Gasteiger partial charge in [-0.15, -0.1) is 0 Å². The average Bonchev–Trinajstić information content (AvgIpc) is 2.70. The van der Waals surface area contributed by atoms with Crippen LogP contribution in [0.4, 0.5) is 0 Å². The molecule has 1 aromatic heterocycles. The van der Waals surface area contributed by atoms with E-state index in [0.717, 1.165) is 19.5 Å². The minimum absolute atomic E-state index is 0.141. The molecule has 4 heteroatoms. The lowest BCUT2D eigenvalue weighted by Gasteiger charge is -2.23. The lowest BCUT2D eigenvalue weighted by atomic mass is 10.1. The maximum absolute atomic E-state index is 4.28. The van der Waals surface area contributed by atoms with Crippen LogP contribution in [0.2, 0.25) is 0 Å². The molecule has 104 valence electrons. The maximum atomic E-state index is 4.28. The zero-order valence-corrected chi connectivity index (χ0v) is 12.7. The van der Waals surface area contributed by atoms with Crippen LogP contribution in [0.25, 0.3) is 0 Å². The number of nitrogens with one attached hydrogen (secondary N) is 1. The van der Waals surface area contributed by atoms with E-state index >= 15 is 0 Å². The van der Waals surface area contributed by atoms with Crippen LogP contribution in [0.3, 0.4) is 0 Å². The van der Waals surface area contributed by atoms with Crippen molar-refractivity contribution in [1.82, 2.24) is 19.8 Å². The first-order chi connectivity index (χ1) is 8.29. The van der Waals surface area contributed by atoms with Gasteiger partial charge in [-0.05, 0) is 54.8 Å². The number of nitrogens with zero attached hydrogens (tertiary/aromatic N) is 3. The molecule has 4 nitrogen and oxygen atoms in total. The molecule has 0 amide bonds. The number of hydrogen-bond donors (Lipinski definition) is 1. The lowest BCUT2D eigenvalue weighted by Crippen LogP contribution is -2.35. The molecule has 1 atom stereocenters. The van der Waals surface area contributed by atoms with E-state index in [9.17, 15) is 0 Å². The first kappa shape index (κ1) is 15.2. The molecular weight excluding hydrogens is 224 g/mol. The zero-order chi connectivity index (χ0) is 13.8. The summed E-state index contributed by atoms with van der Waals surface area (Å²) in [5.74, 6) is 0. The van der Waals surface area contributed by atoms with E-state index in [2.05, 4.69) is 61.6 Å². The molecule has 1 N–H and O–H groups in total. The van der Waals surface area contributed by atoms with E-state index in [0.29, 0.717) is 6.04 Å². The van der Waals surface area contributed by atoms with Crippen LogP contribution in [0.15, 0.2) is 12.5 Å². The number of imidazole rings is 1. The standard InChI is InChI=1S/C14H28N4/c1-12(7-8-17(5)6)18-11-15-9-13(18)10-16-14(2,3)4/h9,11-12,16H,7-8,10H2,1-6H3. The average molecular weight is 252 g/mol. The van der Waals surface area contributed by atoms with Crippen LogP contribution in [0.1, 0.15) is 45.9 Å². The Morgan fingerprint density at radius 2 is 2.06 bits per heavy atom. The van der Waals surface area contributed by atoms with Gasteiger partial charge in [-0.2, -0.15) is 0 Å². The predicted molar refractivity (Wildman–Crippen MR) is 76.7 cm³/mol. The Labute approximate surface area is 111 Å². The summed E-state index contributed by atoms with van der Waals surface area (Å²) in [7, 11) is 4.23. The van der Waals surface area contributed by atoms with Crippen LogP contribution < -0.4 is 5.32 Å². The van der Waals surface area contributed by atoms with Crippen LogP contribution in [0, 0.1) is 0 Å². The zero-order valence-electron chi connectivity index (χ0n) is 12.7. The Morgan fingerprint density at radius 3 is 2.61 bits per heavy atom. The van der Waals surface area contributed by atoms with E-state index < -0.39 is 0 Å². The van der Waals surface area contributed by atoms with E-state index in [1.807, 2.05) is 12.5 Å². The monoisotopic (exact) mass is 252 g/mol. The minimum atomic E-state index is 0.141. The van der Waals surface area contributed by atoms with Crippen molar-refractivity contribution in [3.05, 3.63) is 18.2 Å². The van der Waals surface area contributed by atoms with Gasteiger partial charge in [0.2, 0.25) is 0 Å². The second kappa shape index (κ2) is 6.34. The van der Waals surface area contributed by atoms with Gasteiger partial charge in [0.15, 0.2) is 0 Å². The quantitative estimate of drug-likeness (QED) is 0.843. The van der Waals surface area contributed by atoms with E-state index in [1.54, 1.807) is 0 Å². The molecule has 0 spiro atoms. The molecule has 1 unspecified atom stereocenters. The molecule has 0 saturated carbocycles. The first-order valence-corrected chi connectivity index (χ1v) is 6.70. The van der Waals surface area contributed by atoms with Crippen LogP contribution in [-0.4, -0.2) is 40.6 Å². The second-order valence-electron chi connectivity index (χ2n) is 6.34. The topological polar surface area (TPSA) is 33.1 Å². The third-order valence-corrected chi connectivity index (χ3v) is 3.02. The van der Waals surface area contributed by atoms with Crippen molar-refractivity contribution in [3.8, 4) is 0 Å². The lowest BCUT2D eigenvalue weighted by molar-refractivity contribution is 0.350. The highest BCUT2D eigenvalue weighted by Gasteiger charge is 2.13. The normalized spacial score (nSPS) is 14.2. The number of aromatic nitrogens is 2. The van der Waals surface area contributed by atoms with Gasteiger partial charge in [0.1, 0.15) is 0 Å². The van der Waals surface area contributed by atoms with Crippen molar-refractivity contribution < 1.29 is 0 Å². The summed E-state index contributed by atoms with van der Waals surface area (Å²) >= 11 is 0. The van der Waals surface area contributed by atoms with Crippen molar-refractivity contribution in [2.24, 2.45) is 0 Å². The summed E-state index contributed by atoms with van der Waals surface area (Å²) in [5, 5.41) is 3.51. The van der Waals surface area contributed by atoms with Crippen molar-refractivity contribution in [1.29, 1.82) is 0 Å². The first-order valence-electron chi connectivity index (χ1n) is 6.70. The molecule has 0 aliphatic rings. The Morgan fingerprint density at radius 1 is 1.39 bits per heavy atom. The second-order valence-corrected chi connectivity index (χ2v) is 6.34. The molecule has 18 heavy (non-hydrogen) atoms. The SMILES string of the molecule is CC(CCN(C)C)n1cncc1CNC(C)(C)C. The van der Waals surface area contributed by atoms with Gasteiger partial charge in [0.25, 0.3) is 0 Å². The fraction of sp³-hybridized carbons (Fsp3) is 0.786. The molecular formula is C14H28N4. The highest BCUT2D eigenvalue weighted by Crippen LogP contribution is 2.14. The van der Waals surface area contributed by atoms with Crippen molar-refractivity contribution in [3.63, 3.8) is 0 Å². The molecule has 0 aliphatic heterocycles. The fourth-order valence-electron chi connectivity index (χ4n) is 1.81. The third kappa shape index (κ3) is 5.19. The molecule has 1 rings (SSSR count). The van der Waals surface area contributed by atoms with Gasteiger partial charge < -0.3 is 14.8 Å². The Bertz CT molecular complexity index is 349. The van der Waals surface area contributed by atoms with Gasteiger partial charge in [-0.3, -0.25) is 0 Å². The van der Waals surface area contributed by atoms with Crippen molar-refractivity contribution >= 4 is 0 Å². The number of hydrogen-bond acceptors (Lipinski definition) is 3. The van der Waals surface area contributed by atoms with Gasteiger partial charge in [0, 0.05) is 24.3 Å². The molecule has 0 aliphatic carbocycles. The van der Waals surface area contributed by atoms with E-state index in [1.165, 1.54) is 5.69 Å². The van der Waals surface area contributed by atoms with E-state index in [4.69, 9.17) is 0 Å². The molecule has 0 bridgehead atoms. The van der Waals surface area contributed by atoms with Crippen LogP contribution in [-0.2, 0) is 6.54 Å². The van der Waals surface area contributed by atoms with Gasteiger partial charge in [-0.1, -0.05) is 0 Å². The number of rotatable bonds is 6. The van der Waals surface area contributed by atoms with E-state index in [-0.39, 0.29) is 5.54 Å². The molecule has 1 heterocycles. The fourth-order valence-corrected chi connectivity index (χ4v) is 1.81. The highest BCUT2D eigenvalue weighted by molar-refractivity contribution is 5.00. The Hall–Kier alpha value is -0.870. The molecule has 0 fully saturated rings. The largest absolute Gasteiger partial charge is 0.331 e. The van der Waals surface area contributed by atoms with Gasteiger partial charge in [0.05, 0.1) is 12.0 Å². The summed E-state index contributed by atoms with van der Waals surface area (Å²) < 4.78 is 2.28. The summed E-state index contributed by atoms with van der Waals surface area (Å²) in [6.07, 6.45) is 5.05. The molecule has 0 saturated heterocycles. The Balaban J connectivity index is 2.58.